The molecule has 3 aromatic rings. The summed E-state index contributed by atoms with van der Waals surface area (Å²) in [6.45, 7) is 0. The van der Waals surface area contributed by atoms with Gasteiger partial charge in [-0.05, 0) is 46.5 Å². The first-order valence-corrected chi connectivity index (χ1v) is 9.39. The van der Waals surface area contributed by atoms with Gasteiger partial charge in [-0.1, -0.05) is 107 Å². The van der Waals surface area contributed by atoms with Crippen LogP contribution in [0, 0.1) is 0 Å². The Morgan fingerprint density at radius 3 is 1.04 bits per heavy atom. The average molecular weight is 420 g/mol. The third-order valence-electron chi connectivity index (χ3n) is 3.76. The van der Waals surface area contributed by atoms with Crippen LogP contribution in [-0.4, -0.2) is 0 Å². The van der Waals surface area contributed by atoms with E-state index in [2.05, 4.69) is 24.3 Å². The Morgan fingerprint density at radius 2 is 0.692 bits per heavy atom. The summed E-state index contributed by atoms with van der Waals surface area (Å²) >= 11 is 23.9. The first-order valence-electron chi connectivity index (χ1n) is 7.87. The maximum Gasteiger partial charge on any atom is 0.0598 e. The fourth-order valence-corrected chi connectivity index (χ4v) is 2.95. The quantitative estimate of drug-likeness (QED) is 0.371. The predicted octanol–water partition coefficient (Wildman–Crippen LogP) is 8.64. The lowest BCUT2D eigenvalue weighted by atomic mass is 10.1. The molecule has 0 amide bonds. The topological polar surface area (TPSA) is 0 Å². The van der Waals surface area contributed by atoms with Gasteiger partial charge in [0.05, 0.1) is 20.1 Å². The SMILES string of the molecule is Clc1ccc(/C=C/c2ccc(/C=C/c3ccc(Cl)c(Cl)c3)cc2)cc1Cl. The Labute approximate surface area is 173 Å². The summed E-state index contributed by atoms with van der Waals surface area (Å²) in [4.78, 5) is 0. The van der Waals surface area contributed by atoms with E-state index < -0.39 is 0 Å². The second-order valence-electron chi connectivity index (χ2n) is 5.68. The van der Waals surface area contributed by atoms with Crippen molar-refractivity contribution in [2.45, 2.75) is 0 Å². The van der Waals surface area contributed by atoms with Crippen molar-refractivity contribution < 1.29 is 0 Å². The Kier molecular flexibility index (Phi) is 6.45. The molecule has 26 heavy (non-hydrogen) atoms. The van der Waals surface area contributed by atoms with Gasteiger partial charge in [-0.25, -0.2) is 0 Å². The highest BCUT2D eigenvalue weighted by Crippen LogP contribution is 2.24. The Morgan fingerprint density at radius 1 is 0.385 bits per heavy atom. The molecule has 0 saturated heterocycles. The lowest BCUT2D eigenvalue weighted by molar-refractivity contribution is 1.61. The highest BCUT2D eigenvalue weighted by atomic mass is 35.5. The summed E-state index contributed by atoms with van der Waals surface area (Å²) in [6.07, 6.45) is 8.07. The van der Waals surface area contributed by atoms with Crippen LogP contribution in [0.5, 0.6) is 0 Å². The van der Waals surface area contributed by atoms with E-state index in [4.69, 9.17) is 46.4 Å². The average Bonchev–Trinajstić information content (AvgIpc) is 2.64. The molecule has 0 heterocycles. The summed E-state index contributed by atoms with van der Waals surface area (Å²) < 4.78 is 0. The minimum atomic E-state index is 0.552. The Hall–Kier alpha value is -1.70. The molecule has 0 aliphatic rings. The number of benzene rings is 3. The molecule has 0 aromatic heterocycles. The minimum Gasteiger partial charge on any atom is -0.0827 e. The first-order chi connectivity index (χ1) is 12.5. The smallest absolute Gasteiger partial charge is 0.0598 e. The van der Waals surface area contributed by atoms with Gasteiger partial charge in [0.2, 0.25) is 0 Å². The first kappa shape index (κ1) is 19.1. The van der Waals surface area contributed by atoms with Crippen molar-refractivity contribution in [2.75, 3.05) is 0 Å². The van der Waals surface area contributed by atoms with E-state index in [0.717, 1.165) is 22.3 Å². The van der Waals surface area contributed by atoms with Gasteiger partial charge in [0.25, 0.3) is 0 Å². The molecular weight excluding hydrogens is 406 g/mol. The normalized spacial score (nSPS) is 11.5. The van der Waals surface area contributed by atoms with Crippen LogP contribution in [0.15, 0.2) is 60.7 Å². The molecule has 3 rings (SSSR count). The lowest BCUT2D eigenvalue weighted by Gasteiger charge is -2.00. The lowest BCUT2D eigenvalue weighted by Crippen LogP contribution is -1.77. The molecule has 0 aliphatic carbocycles. The monoisotopic (exact) mass is 418 g/mol. The summed E-state index contributed by atoms with van der Waals surface area (Å²) in [5.41, 5.74) is 4.21. The van der Waals surface area contributed by atoms with Gasteiger partial charge in [0, 0.05) is 0 Å². The second kappa shape index (κ2) is 8.79. The second-order valence-corrected chi connectivity index (χ2v) is 7.31. The number of hydrogen-bond donors (Lipinski definition) is 0. The fraction of sp³-hybridized carbons (Fsp3) is 0. The molecule has 4 heteroatoms. The van der Waals surface area contributed by atoms with Gasteiger partial charge in [0.1, 0.15) is 0 Å². The summed E-state index contributed by atoms with van der Waals surface area (Å²) in [6, 6.07) is 19.4. The molecule has 0 atom stereocenters. The van der Waals surface area contributed by atoms with Crippen molar-refractivity contribution >= 4 is 70.7 Å². The van der Waals surface area contributed by atoms with Gasteiger partial charge < -0.3 is 0 Å². The Balaban J connectivity index is 1.69. The minimum absolute atomic E-state index is 0.552. The van der Waals surface area contributed by atoms with Crippen molar-refractivity contribution in [3.8, 4) is 0 Å². The molecule has 0 saturated carbocycles. The van der Waals surface area contributed by atoms with Crippen molar-refractivity contribution in [3.05, 3.63) is 103 Å². The summed E-state index contributed by atoms with van der Waals surface area (Å²) in [7, 11) is 0. The van der Waals surface area contributed by atoms with Gasteiger partial charge >= 0.3 is 0 Å². The van der Waals surface area contributed by atoms with E-state index in [1.54, 1.807) is 12.1 Å². The van der Waals surface area contributed by atoms with E-state index >= 15 is 0 Å². The van der Waals surface area contributed by atoms with Crippen molar-refractivity contribution in [1.82, 2.24) is 0 Å². The molecule has 3 aromatic carbocycles. The molecule has 0 fully saturated rings. The summed E-state index contributed by atoms with van der Waals surface area (Å²) in [5, 5.41) is 2.22. The van der Waals surface area contributed by atoms with Crippen LogP contribution in [0.4, 0.5) is 0 Å². The number of halogens is 4. The van der Waals surface area contributed by atoms with Crippen LogP contribution >= 0.6 is 46.4 Å². The third kappa shape index (κ3) is 5.16. The van der Waals surface area contributed by atoms with Gasteiger partial charge in [-0.15, -0.1) is 0 Å². The molecule has 0 radical (unpaired) electrons. The van der Waals surface area contributed by atoms with E-state index in [0.29, 0.717) is 20.1 Å². The number of hydrogen-bond acceptors (Lipinski definition) is 0. The van der Waals surface area contributed by atoms with E-state index in [-0.39, 0.29) is 0 Å². The largest absolute Gasteiger partial charge is 0.0827 e. The highest BCUT2D eigenvalue weighted by molar-refractivity contribution is 6.42. The molecule has 0 spiro atoms. The zero-order valence-corrected chi connectivity index (χ0v) is 16.6. The fourth-order valence-electron chi connectivity index (χ4n) is 2.34. The van der Waals surface area contributed by atoms with Crippen LogP contribution in [0.2, 0.25) is 20.1 Å². The molecule has 130 valence electrons. The maximum atomic E-state index is 6.03. The maximum absolute atomic E-state index is 6.03. The van der Waals surface area contributed by atoms with Crippen LogP contribution in [0.3, 0.4) is 0 Å². The Bertz CT molecular complexity index is 889. The highest BCUT2D eigenvalue weighted by Gasteiger charge is 1.98. The standard InChI is InChI=1S/C22H14Cl4/c23-19-11-9-17(13-21(19)25)7-5-15-1-2-16(4-3-15)6-8-18-10-12-20(24)22(26)14-18/h1-14H/b7-5+,8-6+. The molecular formula is C22H14Cl4. The van der Waals surface area contributed by atoms with Crippen LogP contribution < -0.4 is 0 Å². The van der Waals surface area contributed by atoms with Crippen LogP contribution in [-0.2, 0) is 0 Å². The molecule has 0 aliphatic heterocycles. The zero-order chi connectivity index (χ0) is 18.5. The van der Waals surface area contributed by atoms with Gasteiger partial charge in [-0.2, -0.15) is 0 Å². The van der Waals surface area contributed by atoms with Crippen molar-refractivity contribution in [1.29, 1.82) is 0 Å². The predicted molar refractivity (Wildman–Crippen MR) is 117 cm³/mol. The molecule has 0 nitrogen and oxygen atoms in total. The van der Waals surface area contributed by atoms with Gasteiger partial charge in [-0.3, -0.25) is 0 Å². The van der Waals surface area contributed by atoms with E-state index in [1.165, 1.54) is 0 Å². The van der Waals surface area contributed by atoms with Gasteiger partial charge in [0.15, 0.2) is 0 Å². The summed E-state index contributed by atoms with van der Waals surface area (Å²) in [5.74, 6) is 0. The number of rotatable bonds is 4. The molecule has 0 unspecified atom stereocenters. The van der Waals surface area contributed by atoms with Crippen LogP contribution in [0.25, 0.3) is 24.3 Å². The van der Waals surface area contributed by atoms with E-state index in [1.807, 2.05) is 48.6 Å². The zero-order valence-electron chi connectivity index (χ0n) is 13.6. The van der Waals surface area contributed by atoms with Crippen LogP contribution in [0.1, 0.15) is 22.3 Å². The molecule has 0 bridgehead atoms. The molecule has 0 N–H and O–H groups in total. The van der Waals surface area contributed by atoms with Crippen molar-refractivity contribution in [3.63, 3.8) is 0 Å². The van der Waals surface area contributed by atoms with Crippen molar-refractivity contribution in [2.24, 2.45) is 0 Å². The van der Waals surface area contributed by atoms with E-state index in [9.17, 15) is 0 Å². The third-order valence-corrected chi connectivity index (χ3v) is 5.24.